The van der Waals surface area contributed by atoms with Gasteiger partial charge in [-0.3, -0.25) is 10.5 Å². The van der Waals surface area contributed by atoms with Gasteiger partial charge in [0.1, 0.15) is 0 Å². The van der Waals surface area contributed by atoms with E-state index in [0.29, 0.717) is 13.2 Å². The van der Waals surface area contributed by atoms with E-state index in [1.54, 1.807) is 0 Å². The normalized spacial score (nSPS) is 13.1. The second-order valence-corrected chi connectivity index (χ2v) is 3.42. The van der Waals surface area contributed by atoms with Crippen LogP contribution in [-0.4, -0.2) is 23.0 Å². The topological polar surface area (TPSA) is 65.1 Å². The van der Waals surface area contributed by atoms with Crippen molar-refractivity contribution in [3.63, 3.8) is 0 Å². The predicted octanol–water partition coefficient (Wildman–Crippen LogP) is 0.523. The molecule has 0 bridgehead atoms. The number of aromatic nitrogens is 2. The Kier molecular flexibility index (Phi) is 4.74. The first-order chi connectivity index (χ1) is 7.22. The molecule has 1 atom stereocenters. The largest absolute Gasteiger partial charge is 0.380 e. The van der Waals surface area contributed by atoms with Crippen molar-refractivity contribution in [2.45, 2.75) is 26.3 Å². The molecule has 1 aromatic heterocycles. The molecule has 0 saturated heterocycles. The lowest BCUT2D eigenvalue weighted by molar-refractivity contribution is 0.121. The first kappa shape index (κ1) is 12.2. The molecule has 0 aliphatic rings. The van der Waals surface area contributed by atoms with Gasteiger partial charge in [-0.05, 0) is 19.4 Å². The van der Waals surface area contributed by atoms with E-state index in [1.807, 2.05) is 18.7 Å². The third kappa shape index (κ3) is 3.02. The summed E-state index contributed by atoms with van der Waals surface area (Å²) in [5.74, 6) is 5.49. The Hall–Kier alpha value is -0.910. The molecule has 0 amide bonds. The van der Waals surface area contributed by atoms with E-state index >= 15 is 0 Å². The Balaban J connectivity index is 2.76. The van der Waals surface area contributed by atoms with Gasteiger partial charge in [-0.2, -0.15) is 5.10 Å². The van der Waals surface area contributed by atoms with Gasteiger partial charge in [0, 0.05) is 13.7 Å². The van der Waals surface area contributed by atoms with Crippen molar-refractivity contribution >= 4 is 0 Å². The molecule has 0 aliphatic heterocycles. The summed E-state index contributed by atoms with van der Waals surface area (Å²) in [4.78, 5) is 0. The molecule has 5 heteroatoms. The molecule has 86 valence electrons. The standard InChI is InChI=1S/C10H20N4O/c1-4-8-6-10(14(3)13-8)9(12-11)7-15-5-2/h6,9,12H,4-5,7,11H2,1-3H3. The molecule has 0 radical (unpaired) electrons. The molecule has 0 saturated carbocycles. The van der Waals surface area contributed by atoms with Crippen molar-refractivity contribution < 1.29 is 4.74 Å². The summed E-state index contributed by atoms with van der Waals surface area (Å²) in [7, 11) is 1.92. The summed E-state index contributed by atoms with van der Waals surface area (Å²) in [6.07, 6.45) is 0.930. The summed E-state index contributed by atoms with van der Waals surface area (Å²) in [5, 5.41) is 4.37. The fraction of sp³-hybridized carbons (Fsp3) is 0.700. The summed E-state index contributed by atoms with van der Waals surface area (Å²) in [6, 6.07) is 2.06. The highest BCUT2D eigenvalue weighted by Gasteiger charge is 2.14. The van der Waals surface area contributed by atoms with Crippen LogP contribution in [0, 0.1) is 0 Å². The Labute approximate surface area is 90.6 Å². The number of hydrogen-bond donors (Lipinski definition) is 2. The van der Waals surface area contributed by atoms with Gasteiger partial charge < -0.3 is 4.74 Å². The van der Waals surface area contributed by atoms with Crippen molar-refractivity contribution in [3.05, 3.63) is 17.5 Å². The molecule has 1 aromatic rings. The van der Waals surface area contributed by atoms with Gasteiger partial charge in [0.25, 0.3) is 0 Å². The molecule has 1 unspecified atom stereocenters. The Morgan fingerprint density at radius 1 is 1.60 bits per heavy atom. The average Bonchev–Trinajstić information content (AvgIpc) is 2.61. The average molecular weight is 212 g/mol. The molecule has 0 fully saturated rings. The Morgan fingerprint density at radius 2 is 2.33 bits per heavy atom. The molecule has 0 spiro atoms. The minimum atomic E-state index is 0.00255. The third-order valence-corrected chi connectivity index (χ3v) is 2.38. The van der Waals surface area contributed by atoms with E-state index in [4.69, 9.17) is 10.6 Å². The maximum absolute atomic E-state index is 5.49. The fourth-order valence-electron chi connectivity index (χ4n) is 1.50. The molecule has 0 aliphatic carbocycles. The van der Waals surface area contributed by atoms with Crippen LogP contribution in [0.4, 0.5) is 0 Å². The van der Waals surface area contributed by atoms with E-state index in [1.165, 1.54) is 0 Å². The smallest absolute Gasteiger partial charge is 0.0862 e. The molecular formula is C10H20N4O. The van der Waals surface area contributed by atoms with Crippen LogP contribution in [0.3, 0.4) is 0 Å². The van der Waals surface area contributed by atoms with Crippen molar-refractivity contribution in [1.82, 2.24) is 15.2 Å². The van der Waals surface area contributed by atoms with Crippen molar-refractivity contribution in [2.24, 2.45) is 12.9 Å². The lowest BCUT2D eigenvalue weighted by atomic mass is 10.2. The quantitative estimate of drug-likeness (QED) is 0.533. The monoisotopic (exact) mass is 212 g/mol. The van der Waals surface area contributed by atoms with E-state index in [0.717, 1.165) is 17.8 Å². The maximum atomic E-state index is 5.49. The molecule has 1 heterocycles. The number of nitrogens with one attached hydrogen (secondary N) is 1. The summed E-state index contributed by atoms with van der Waals surface area (Å²) >= 11 is 0. The minimum absolute atomic E-state index is 0.00255. The second-order valence-electron chi connectivity index (χ2n) is 3.42. The van der Waals surface area contributed by atoms with Crippen LogP contribution in [0.1, 0.15) is 31.3 Å². The fourth-order valence-corrected chi connectivity index (χ4v) is 1.50. The molecular weight excluding hydrogens is 192 g/mol. The van der Waals surface area contributed by atoms with Crippen molar-refractivity contribution in [1.29, 1.82) is 0 Å². The zero-order chi connectivity index (χ0) is 11.3. The Bertz CT molecular complexity index is 298. The lowest BCUT2D eigenvalue weighted by Gasteiger charge is -2.15. The van der Waals surface area contributed by atoms with Crippen LogP contribution in [-0.2, 0) is 18.2 Å². The van der Waals surface area contributed by atoms with Crippen LogP contribution < -0.4 is 11.3 Å². The number of rotatable bonds is 6. The number of hydrogen-bond acceptors (Lipinski definition) is 4. The van der Waals surface area contributed by atoms with Crippen LogP contribution in [0.5, 0.6) is 0 Å². The van der Waals surface area contributed by atoms with Crippen LogP contribution in [0.15, 0.2) is 6.07 Å². The van der Waals surface area contributed by atoms with Crippen molar-refractivity contribution in [3.8, 4) is 0 Å². The molecule has 0 aromatic carbocycles. The first-order valence-corrected chi connectivity index (χ1v) is 5.29. The molecule has 1 rings (SSSR count). The molecule has 15 heavy (non-hydrogen) atoms. The summed E-state index contributed by atoms with van der Waals surface area (Å²) < 4.78 is 7.20. The first-order valence-electron chi connectivity index (χ1n) is 5.29. The number of aryl methyl sites for hydroxylation is 2. The Morgan fingerprint density at radius 3 is 2.80 bits per heavy atom. The highest BCUT2D eigenvalue weighted by Crippen LogP contribution is 2.13. The number of ether oxygens (including phenoxy) is 1. The zero-order valence-corrected chi connectivity index (χ0v) is 9.66. The van der Waals surface area contributed by atoms with E-state index < -0.39 is 0 Å². The lowest BCUT2D eigenvalue weighted by Crippen LogP contribution is -2.32. The van der Waals surface area contributed by atoms with Crippen molar-refractivity contribution in [2.75, 3.05) is 13.2 Å². The van der Waals surface area contributed by atoms with Gasteiger partial charge in [-0.15, -0.1) is 0 Å². The highest BCUT2D eigenvalue weighted by molar-refractivity contribution is 5.14. The minimum Gasteiger partial charge on any atom is -0.380 e. The zero-order valence-electron chi connectivity index (χ0n) is 9.66. The van der Waals surface area contributed by atoms with E-state index in [-0.39, 0.29) is 6.04 Å². The molecule has 5 nitrogen and oxygen atoms in total. The predicted molar refractivity (Wildman–Crippen MR) is 59.1 cm³/mol. The van der Waals surface area contributed by atoms with Gasteiger partial charge in [0.05, 0.1) is 24.0 Å². The number of hydrazine groups is 1. The van der Waals surface area contributed by atoms with Gasteiger partial charge in [-0.25, -0.2) is 5.43 Å². The van der Waals surface area contributed by atoms with Crippen LogP contribution in [0.2, 0.25) is 0 Å². The third-order valence-electron chi connectivity index (χ3n) is 2.38. The number of nitrogens with zero attached hydrogens (tertiary/aromatic N) is 2. The van der Waals surface area contributed by atoms with Gasteiger partial charge >= 0.3 is 0 Å². The summed E-state index contributed by atoms with van der Waals surface area (Å²) in [6.45, 7) is 5.31. The second kappa shape index (κ2) is 5.85. The van der Waals surface area contributed by atoms with Gasteiger partial charge in [0.2, 0.25) is 0 Å². The summed E-state index contributed by atoms with van der Waals surface area (Å²) in [5.41, 5.74) is 4.88. The van der Waals surface area contributed by atoms with Crippen LogP contribution >= 0.6 is 0 Å². The maximum Gasteiger partial charge on any atom is 0.0862 e. The van der Waals surface area contributed by atoms with Crippen LogP contribution in [0.25, 0.3) is 0 Å². The molecule has 3 N–H and O–H groups in total. The van der Waals surface area contributed by atoms with E-state index in [9.17, 15) is 0 Å². The van der Waals surface area contributed by atoms with Gasteiger partial charge in [-0.1, -0.05) is 6.92 Å². The van der Waals surface area contributed by atoms with Gasteiger partial charge in [0.15, 0.2) is 0 Å². The SMILES string of the molecule is CCOCC(NN)c1cc(CC)nn1C. The number of nitrogens with two attached hydrogens (primary N) is 1. The van der Waals surface area contributed by atoms with E-state index in [2.05, 4.69) is 23.5 Å². The highest BCUT2D eigenvalue weighted by atomic mass is 16.5.